The van der Waals surface area contributed by atoms with Gasteiger partial charge < -0.3 is 0 Å². The Morgan fingerprint density at radius 1 is 1.88 bits per heavy atom. The van der Waals surface area contributed by atoms with Gasteiger partial charge in [0.05, 0.1) is 0 Å². The highest BCUT2D eigenvalue weighted by atomic mass is 35.5. The third-order valence-electron chi connectivity index (χ3n) is 0.263. The highest BCUT2D eigenvalue weighted by molar-refractivity contribution is 6.19. The molecular weight excluding hydrogens is 160 g/mol. The maximum absolute atomic E-state index is 11.4. The van der Waals surface area contributed by atoms with Gasteiger partial charge >= 0.3 is 0 Å². The maximum Gasteiger partial charge on any atom is 0.299 e. The summed E-state index contributed by atoms with van der Waals surface area (Å²) in [5.74, 6) is -2.09. The number of nitrogens with zero attached hydrogens (tertiary/aromatic N) is 1. The third kappa shape index (κ3) is 4.11. The number of carbonyl (C=O) groups is 1. The van der Waals surface area contributed by atoms with Crippen molar-refractivity contribution in [3.63, 3.8) is 0 Å². The predicted octanol–water partition coefficient (Wildman–Crippen LogP) is 1.02. The monoisotopic (exact) mass is 161 g/mol. The predicted molar refractivity (Wildman–Crippen MR) is 25.6 cm³/mol. The van der Waals surface area contributed by atoms with E-state index in [2.05, 4.69) is 16.4 Å². The van der Waals surface area contributed by atoms with Crippen molar-refractivity contribution in [1.82, 2.24) is 4.58 Å². The van der Waals surface area contributed by atoms with Crippen LogP contribution in [0.2, 0.25) is 0 Å². The number of halogens is 3. The summed E-state index contributed by atoms with van der Waals surface area (Å²) in [6, 6.07) is 0. The molecule has 48 valence electrons. The first-order chi connectivity index (χ1) is 3.66. The highest BCUT2D eigenvalue weighted by Crippen LogP contribution is 2.02. The molecule has 0 rings (SSSR count). The molecule has 0 bridgehead atoms. The van der Waals surface area contributed by atoms with E-state index in [4.69, 9.17) is 11.8 Å². The molecule has 1 amide bonds. The zero-order valence-corrected chi connectivity index (χ0v) is 5.06. The molecule has 0 aromatic heterocycles. The van der Waals surface area contributed by atoms with Crippen LogP contribution >= 0.6 is 23.4 Å². The molecule has 0 heterocycles. The summed E-state index contributed by atoms with van der Waals surface area (Å²) in [5, 5.41) is 0. The van der Waals surface area contributed by atoms with E-state index in [1.54, 1.807) is 0 Å². The van der Waals surface area contributed by atoms with Crippen molar-refractivity contribution < 1.29 is 14.0 Å². The summed E-state index contributed by atoms with van der Waals surface area (Å²) in [5.41, 5.74) is 0. The van der Waals surface area contributed by atoms with Gasteiger partial charge in [-0.3, -0.25) is 4.79 Å². The van der Waals surface area contributed by atoms with Gasteiger partial charge in [0, 0.05) is 11.8 Å². The molecule has 1 atom stereocenters. The van der Waals surface area contributed by atoms with Crippen LogP contribution in [0.15, 0.2) is 0 Å². The SMILES string of the molecule is O=CN(Cl)OC(F)Cl. The summed E-state index contributed by atoms with van der Waals surface area (Å²) in [6.45, 7) is 0. The van der Waals surface area contributed by atoms with Crippen LogP contribution < -0.4 is 0 Å². The molecule has 0 fully saturated rings. The van der Waals surface area contributed by atoms with Crippen molar-refractivity contribution in [2.24, 2.45) is 0 Å². The number of alkyl halides is 2. The Morgan fingerprint density at radius 3 is 2.50 bits per heavy atom. The number of amides is 1. The normalized spacial score (nSPS) is 12.9. The standard InChI is InChI=1S/C2H2Cl2FNO2/c3-2(5)8-6(4)1-7/h1-2H. The van der Waals surface area contributed by atoms with E-state index >= 15 is 0 Å². The van der Waals surface area contributed by atoms with Crippen LogP contribution in [0.3, 0.4) is 0 Å². The fraction of sp³-hybridized carbons (Fsp3) is 0.500. The van der Waals surface area contributed by atoms with Gasteiger partial charge in [-0.2, -0.15) is 4.39 Å². The molecule has 0 aliphatic heterocycles. The van der Waals surface area contributed by atoms with E-state index in [1.807, 2.05) is 0 Å². The summed E-state index contributed by atoms with van der Waals surface area (Å²) in [4.78, 5) is 13.2. The zero-order chi connectivity index (χ0) is 6.57. The van der Waals surface area contributed by atoms with Crippen LogP contribution in [-0.2, 0) is 9.63 Å². The van der Waals surface area contributed by atoms with Crippen LogP contribution in [0.5, 0.6) is 0 Å². The fourth-order valence-electron chi connectivity index (χ4n) is 0.101. The molecule has 0 radical (unpaired) electrons. The maximum atomic E-state index is 11.4. The Hall–Kier alpha value is -0.0600. The molecule has 0 saturated heterocycles. The van der Waals surface area contributed by atoms with Crippen molar-refractivity contribution in [3.8, 4) is 0 Å². The van der Waals surface area contributed by atoms with Crippen molar-refractivity contribution >= 4 is 29.8 Å². The summed E-state index contributed by atoms with van der Waals surface area (Å²) < 4.78 is 11.5. The lowest BCUT2D eigenvalue weighted by Gasteiger charge is -2.04. The van der Waals surface area contributed by atoms with Gasteiger partial charge in [0.2, 0.25) is 6.41 Å². The Balaban J connectivity index is 3.23. The topological polar surface area (TPSA) is 29.5 Å². The van der Waals surface area contributed by atoms with Crippen LogP contribution in [0.25, 0.3) is 0 Å². The minimum Gasteiger partial charge on any atom is -0.275 e. The third-order valence-corrected chi connectivity index (χ3v) is 0.502. The quantitative estimate of drug-likeness (QED) is 0.268. The highest BCUT2D eigenvalue weighted by Gasteiger charge is 2.04. The largest absolute Gasteiger partial charge is 0.299 e. The minimum absolute atomic E-state index is 0.0660. The first kappa shape index (κ1) is 7.94. The van der Waals surface area contributed by atoms with Gasteiger partial charge in [0.25, 0.3) is 5.82 Å². The van der Waals surface area contributed by atoms with Gasteiger partial charge in [-0.05, 0) is 0 Å². The molecule has 0 saturated carbocycles. The number of hydrogen-bond donors (Lipinski definition) is 0. The first-order valence-electron chi connectivity index (χ1n) is 1.52. The summed E-state index contributed by atoms with van der Waals surface area (Å²) in [6.07, 6.45) is 0.0660. The molecular formula is C2H2Cl2FNO2. The second kappa shape index (κ2) is 3.88. The number of rotatable bonds is 3. The molecule has 0 spiro atoms. The summed E-state index contributed by atoms with van der Waals surface area (Å²) >= 11 is 9.36. The number of hydrogen-bond acceptors (Lipinski definition) is 2. The van der Waals surface area contributed by atoms with Gasteiger partial charge in [-0.1, -0.05) is 11.6 Å². The second-order valence-electron chi connectivity index (χ2n) is 0.743. The van der Waals surface area contributed by atoms with Crippen molar-refractivity contribution in [1.29, 1.82) is 0 Å². The Bertz CT molecular complexity index is 80.4. The molecule has 0 N–H and O–H groups in total. The van der Waals surface area contributed by atoms with Crippen molar-refractivity contribution in [3.05, 3.63) is 0 Å². The van der Waals surface area contributed by atoms with Crippen LogP contribution in [0.4, 0.5) is 4.39 Å². The lowest BCUT2D eigenvalue weighted by Crippen LogP contribution is -2.13. The molecule has 1 unspecified atom stereocenters. The Kier molecular flexibility index (Phi) is 3.85. The molecule has 6 heteroatoms. The van der Waals surface area contributed by atoms with E-state index in [0.717, 1.165) is 0 Å². The molecule has 0 aromatic rings. The second-order valence-corrected chi connectivity index (χ2v) is 1.42. The molecule has 0 aromatic carbocycles. The van der Waals surface area contributed by atoms with Crippen LogP contribution in [0.1, 0.15) is 0 Å². The zero-order valence-electron chi connectivity index (χ0n) is 3.55. The van der Waals surface area contributed by atoms with Gasteiger partial charge in [0.15, 0.2) is 0 Å². The minimum atomic E-state index is -2.09. The Morgan fingerprint density at radius 2 is 2.38 bits per heavy atom. The van der Waals surface area contributed by atoms with Gasteiger partial charge in [-0.15, -0.1) is 4.58 Å². The smallest absolute Gasteiger partial charge is 0.275 e. The summed E-state index contributed by atoms with van der Waals surface area (Å²) in [7, 11) is 0. The van der Waals surface area contributed by atoms with E-state index < -0.39 is 5.82 Å². The average molecular weight is 162 g/mol. The number of hydroxylamine groups is 1. The lowest BCUT2D eigenvalue weighted by molar-refractivity contribution is -0.163. The van der Waals surface area contributed by atoms with E-state index in [0.29, 0.717) is 0 Å². The Labute approximate surface area is 55.0 Å². The van der Waals surface area contributed by atoms with E-state index in [1.165, 1.54) is 0 Å². The molecule has 0 aliphatic rings. The van der Waals surface area contributed by atoms with Crippen molar-refractivity contribution in [2.45, 2.75) is 5.82 Å². The van der Waals surface area contributed by atoms with E-state index in [9.17, 15) is 9.18 Å². The number of carbonyl (C=O) groups excluding carboxylic acids is 1. The first-order valence-corrected chi connectivity index (χ1v) is 2.29. The van der Waals surface area contributed by atoms with Crippen LogP contribution in [0, 0.1) is 0 Å². The molecule has 8 heavy (non-hydrogen) atoms. The van der Waals surface area contributed by atoms with E-state index in [-0.39, 0.29) is 11.0 Å². The van der Waals surface area contributed by atoms with Gasteiger partial charge in [0.1, 0.15) is 0 Å². The van der Waals surface area contributed by atoms with Gasteiger partial charge in [-0.25, -0.2) is 4.84 Å². The van der Waals surface area contributed by atoms with Crippen LogP contribution in [-0.4, -0.2) is 16.8 Å². The lowest BCUT2D eigenvalue weighted by atomic mass is 11.4. The average Bonchev–Trinajstić information content (AvgIpc) is 1.65. The van der Waals surface area contributed by atoms with Crippen molar-refractivity contribution in [2.75, 3.05) is 0 Å². The molecule has 0 aliphatic carbocycles. The fourth-order valence-corrected chi connectivity index (χ4v) is 0.298. The molecule has 3 nitrogen and oxygen atoms in total.